The molecule has 0 aliphatic heterocycles. The Hall–Kier alpha value is -4.20. The van der Waals surface area contributed by atoms with Crippen LogP contribution in [-0.2, 0) is 4.74 Å². The number of benzene rings is 2. The van der Waals surface area contributed by atoms with Gasteiger partial charge in [-0.2, -0.15) is 5.26 Å². The van der Waals surface area contributed by atoms with Crippen LogP contribution in [-0.4, -0.2) is 36.3 Å². The van der Waals surface area contributed by atoms with Crippen LogP contribution in [0.1, 0.15) is 5.56 Å². The lowest BCUT2D eigenvalue weighted by Gasteiger charge is -2.12. The number of rotatable bonds is 8. The third-order valence-electron chi connectivity index (χ3n) is 4.46. The lowest BCUT2D eigenvalue weighted by atomic mass is 10.1. The first-order valence-electron chi connectivity index (χ1n) is 9.86. The molecule has 33 heavy (non-hydrogen) atoms. The molecule has 0 unspecified atom stereocenters. The third kappa shape index (κ3) is 5.54. The zero-order valence-electron chi connectivity index (χ0n) is 17.6. The standard InChI is InChI=1S/C23H19N5O4S/c1-30-9-10-31-21-13-19-18(12-15(21)14-24)20(6-7-25-19)32-17-4-2-16(3-5-17)27-22(29)28-23-26-8-11-33-23/h2-8,11-13H,9-10H2,1H3,(H2,26,27,28,29). The van der Waals surface area contributed by atoms with Crippen LogP contribution in [0.15, 0.2) is 60.2 Å². The first-order chi connectivity index (χ1) is 16.2. The van der Waals surface area contributed by atoms with Crippen LogP contribution in [0.3, 0.4) is 0 Å². The number of ether oxygens (including phenoxy) is 3. The number of fused-ring (bicyclic) bond motifs is 1. The Morgan fingerprint density at radius 3 is 2.64 bits per heavy atom. The maximum atomic E-state index is 12.0. The average Bonchev–Trinajstić information content (AvgIpc) is 3.33. The van der Waals surface area contributed by atoms with Gasteiger partial charge >= 0.3 is 6.03 Å². The molecule has 2 aromatic heterocycles. The van der Waals surface area contributed by atoms with E-state index in [4.69, 9.17) is 14.2 Å². The molecule has 0 aliphatic rings. The molecule has 0 aliphatic carbocycles. The van der Waals surface area contributed by atoms with Crippen molar-refractivity contribution in [2.24, 2.45) is 0 Å². The summed E-state index contributed by atoms with van der Waals surface area (Å²) in [6, 6.07) is 13.8. The van der Waals surface area contributed by atoms with Crippen LogP contribution in [0.4, 0.5) is 15.6 Å². The number of aromatic nitrogens is 2. The number of amides is 2. The van der Waals surface area contributed by atoms with Crippen molar-refractivity contribution in [2.75, 3.05) is 31.0 Å². The fraction of sp³-hybridized carbons (Fsp3) is 0.130. The van der Waals surface area contributed by atoms with Crippen molar-refractivity contribution in [1.29, 1.82) is 5.26 Å². The van der Waals surface area contributed by atoms with Gasteiger partial charge < -0.3 is 19.5 Å². The second kappa shape index (κ2) is 10.4. The second-order valence-electron chi connectivity index (χ2n) is 6.67. The highest BCUT2D eigenvalue weighted by Crippen LogP contribution is 2.33. The number of hydrogen-bond donors (Lipinski definition) is 2. The number of methoxy groups -OCH3 is 1. The lowest BCUT2D eigenvalue weighted by molar-refractivity contribution is 0.146. The Balaban J connectivity index is 1.49. The summed E-state index contributed by atoms with van der Waals surface area (Å²) in [5.74, 6) is 1.55. The Morgan fingerprint density at radius 1 is 1.06 bits per heavy atom. The summed E-state index contributed by atoms with van der Waals surface area (Å²) in [4.78, 5) is 20.4. The first-order valence-corrected chi connectivity index (χ1v) is 10.7. The maximum absolute atomic E-state index is 12.0. The van der Waals surface area contributed by atoms with Crippen molar-refractivity contribution in [3.05, 3.63) is 65.8 Å². The van der Waals surface area contributed by atoms with E-state index in [1.165, 1.54) is 11.3 Å². The van der Waals surface area contributed by atoms with E-state index < -0.39 is 0 Å². The molecule has 0 radical (unpaired) electrons. The predicted molar refractivity (Wildman–Crippen MR) is 125 cm³/mol. The number of carbonyl (C=O) groups is 1. The lowest BCUT2D eigenvalue weighted by Crippen LogP contribution is -2.19. The molecule has 10 heteroatoms. The van der Waals surface area contributed by atoms with E-state index in [1.54, 1.807) is 67.3 Å². The molecule has 0 bridgehead atoms. The van der Waals surface area contributed by atoms with Crippen LogP contribution in [0.5, 0.6) is 17.2 Å². The van der Waals surface area contributed by atoms with Crippen molar-refractivity contribution >= 4 is 39.1 Å². The number of pyridine rings is 1. The summed E-state index contributed by atoms with van der Waals surface area (Å²) < 4.78 is 16.7. The summed E-state index contributed by atoms with van der Waals surface area (Å²) in [6.45, 7) is 0.742. The van der Waals surface area contributed by atoms with Crippen molar-refractivity contribution in [3.63, 3.8) is 0 Å². The van der Waals surface area contributed by atoms with Gasteiger partial charge in [0.2, 0.25) is 0 Å². The van der Waals surface area contributed by atoms with E-state index >= 15 is 0 Å². The van der Waals surface area contributed by atoms with Crippen molar-refractivity contribution in [3.8, 4) is 23.3 Å². The van der Waals surface area contributed by atoms with E-state index in [2.05, 4.69) is 26.7 Å². The summed E-state index contributed by atoms with van der Waals surface area (Å²) in [7, 11) is 1.58. The fourth-order valence-electron chi connectivity index (χ4n) is 2.96. The molecule has 4 aromatic rings. The Kier molecular flexibility index (Phi) is 6.94. The number of nitriles is 1. The van der Waals surface area contributed by atoms with E-state index in [1.807, 2.05) is 0 Å². The number of hydrogen-bond acceptors (Lipinski definition) is 8. The van der Waals surface area contributed by atoms with Crippen molar-refractivity contribution in [1.82, 2.24) is 9.97 Å². The zero-order chi connectivity index (χ0) is 23.0. The molecule has 2 amide bonds. The average molecular weight is 462 g/mol. The molecule has 0 saturated heterocycles. The van der Waals surface area contributed by atoms with Gasteiger partial charge in [0.1, 0.15) is 29.9 Å². The van der Waals surface area contributed by atoms with Gasteiger partial charge in [-0.25, -0.2) is 9.78 Å². The Labute approximate surface area is 193 Å². The van der Waals surface area contributed by atoms with Gasteiger partial charge in [-0.1, -0.05) is 0 Å². The van der Waals surface area contributed by atoms with Crippen molar-refractivity contribution in [2.45, 2.75) is 0 Å². The van der Waals surface area contributed by atoms with Gasteiger partial charge in [0.15, 0.2) is 5.13 Å². The quantitative estimate of drug-likeness (QED) is 0.354. The van der Waals surface area contributed by atoms with Gasteiger partial charge in [-0.05, 0) is 36.4 Å². The minimum atomic E-state index is -0.383. The molecule has 0 saturated carbocycles. The molecule has 4 rings (SSSR count). The number of thiazole rings is 1. The van der Waals surface area contributed by atoms with E-state index in [0.717, 1.165) is 0 Å². The van der Waals surface area contributed by atoms with Crippen LogP contribution in [0, 0.1) is 11.3 Å². The van der Waals surface area contributed by atoms with E-state index in [9.17, 15) is 10.1 Å². The molecule has 0 atom stereocenters. The number of urea groups is 1. The summed E-state index contributed by atoms with van der Waals surface area (Å²) >= 11 is 1.33. The minimum absolute atomic E-state index is 0.328. The SMILES string of the molecule is COCCOc1cc2nccc(Oc3ccc(NC(=O)Nc4nccs4)cc3)c2cc1C#N. The molecule has 2 aromatic carbocycles. The highest BCUT2D eigenvalue weighted by molar-refractivity contribution is 7.13. The monoisotopic (exact) mass is 461 g/mol. The second-order valence-corrected chi connectivity index (χ2v) is 7.57. The fourth-order valence-corrected chi connectivity index (χ4v) is 3.48. The van der Waals surface area contributed by atoms with Crippen molar-refractivity contribution < 1.29 is 19.0 Å². The highest BCUT2D eigenvalue weighted by Gasteiger charge is 2.12. The van der Waals surface area contributed by atoms with Gasteiger partial charge in [-0.15, -0.1) is 11.3 Å². The molecule has 0 spiro atoms. The zero-order valence-corrected chi connectivity index (χ0v) is 18.4. The molecule has 2 heterocycles. The molecule has 9 nitrogen and oxygen atoms in total. The van der Waals surface area contributed by atoms with Crippen LogP contribution in [0.25, 0.3) is 10.9 Å². The van der Waals surface area contributed by atoms with Crippen LogP contribution < -0.4 is 20.1 Å². The maximum Gasteiger partial charge on any atom is 0.325 e. The molecular formula is C23H19N5O4S. The van der Waals surface area contributed by atoms with Crippen LogP contribution in [0.2, 0.25) is 0 Å². The van der Waals surface area contributed by atoms with E-state index in [0.29, 0.717) is 57.7 Å². The topological polar surface area (TPSA) is 118 Å². The van der Waals surface area contributed by atoms with Gasteiger partial charge in [-0.3, -0.25) is 10.3 Å². The first kappa shape index (κ1) is 22.0. The normalized spacial score (nSPS) is 10.4. The van der Waals surface area contributed by atoms with Crippen LogP contribution >= 0.6 is 11.3 Å². The summed E-state index contributed by atoms with van der Waals surface area (Å²) in [5.41, 5.74) is 1.61. The molecule has 0 fully saturated rings. The van der Waals surface area contributed by atoms with Gasteiger partial charge in [0, 0.05) is 42.0 Å². The number of nitrogens with one attached hydrogen (secondary N) is 2. The van der Waals surface area contributed by atoms with Gasteiger partial charge in [0.05, 0.1) is 17.7 Å². The smallest absolute Gasteiger partial charge is 0.325 e. The number of nitrogens with zero attached hydrogens (tertiary/aromatic N) is 3. The predicted octanol–water partition coefficient (Wildman–Crippen LogP) is 5.02. The minimum Gasteiger partial charge on any atom is -0.490 e. The molecular weight excluding hydrogens is 442 g/mol. The highest BCUT2D eigenvalue weighted by atomic mass is 32.1. The van der Waals surface area contributed by atoms with E-state index in [-0.39, 0.29) is 6.03 Å². The Morgan fingerprint density at radius 2 is 1.91 bits per heavy atom. The number of anilines is 2. The van der Waals surface area contributed by atoms with Gasteiger partial charge in [0.25, 0.3) is 0 Å². The summed E-state index contributed by atoms with van der Waals surface area (Å²) in [5, 5.41) is 17.9. The third-order valence-corrected chi connectivity index (χ3v) is 5.15. The largest absolute Gasteiger partial charge is 0.490 e. The molecule has 166 valence electrons. The number of carbonyl (C=O) groups excluding carboxylic acids is 1. The molecule has 2 N–H and O–H groups in total. The summed E-state index contributed by atoms with van der Waals surface area (Å²) in [6.07, 6.45) is 3.24. The Bertz CT molecular complexity index is 1290.